The van der Waals surface area contributed by atoms with Crippen molar-refractivity contribution in [3.8, 4) is 0 Å². The summed E-state index contributed by atoms with van der Waals surface area (Å²) in [5.41, 5.74) is 0. The third-order valence-electron chi connectivity index (χ3n) is 1.18. The second-order valence-corrected chi connectivity index (χ2v) is 2.46. The number of ketones is 1. The molecule has 1 N–H and O–H groups in total. The summed E-state index contributed by atoms with van der Waals surface area (Å²) in [6, 6.07) is 0. The summed E-state index contributed by atoms with van der Waals surface area (Å²) in [5.74, 6) is -1.51. The van der Waals surface area contributed by atoms with E-state index in [0.29, 0.717) is 0 Å². The van der Waals surface area contributed by atoms with Crippen molar-refractivity contribution in [2.24, 2.45) is 0 Å². The highest BCUT2D eigenvalue weighted by Gasteiger charge is 2.08. The van der Waals surface area contributed by atoms with Crippen molar-refractivity contribution < 1.29 is 19.8 Å². The Labute approximate surface area is 64.8 Å². The molecule has 0 saturated heterocycles. The molecule has 0 rings (SSSR count). The molecule has 1 radical (unpaired) electrons. The van der Waals surface area contributed by atoms with E-state index >= 15 is 0 Å². The van der Waals surface area contributed by atoms with Crippen LogP contribution in [0, 0.1) is 0 Å². The molecular weight excluding hydrogens is 148 g/mol. The third-order valence-corrected chi connectivity index (χ3v) is 1.18. The Morgan fingerprint density at radius 3 is 2.36 bits per heavy atom. The average Bonchev–Trinajstić information content (AvgIpc) is 1.82. The van der Waals surface area contributed by atoms with Crippen LogP contribution in [0.25, 0.3) is 0 Å². The summed E-state index contributed by atoms with van der Waals surface area (Å²) < 4.78 is 0. The Balaban J connectivity index is 3.46. The molecule has 0 fully saturated rings. The second kappa shape index (κ2) is 4.85. The van der Waals surface area contributed by atoms with Crippen molar-refractivity contribution >= 4 is 11.8 Å². The Bertz CT molecular complexity index is 151. The van der Waals surface area contributed by atoms with E-state index in [2.05, 4.69) is 0 Å². The predicted molar refractivity (Wildman–Crippen MR) is 36.6 cm³/mol. The van der Waals surface area contributed by atoms with Gasteiger partial charge in [-0.15, -0.1) is 0 Å². The zero-order valence-electron chi connectivity index (χ0n) is 6.37. The van der Waals surface area contributed by atoms with Gasteiger partial charge in [0.1, 0.15) is 12.2 Å². The maximum Gasteiger partial charge on any atom is 0.310 e. The van der Waals surface area contributed by atoms with Crippen LogP contribution in [0.1, 0.15) is 26.2 Å². The highest BCUT2D eigenvalue weighted by atomic mass is 16.4. The average molecular weight is 159 g/mol. The Morgan fingerprint density at radius 1 is 1.45 bits per heavy atom. The summed E-state index contributed by atoms with van der Waals surface area (Å²) in [4.78, 5) is 20.6. The van der Waals surface area contributed by atoms with Crippen molar-refractivity contribution in [3.63, 3.8) is 0 Å². The van der Waals surface area contributed by atoms with Gasteiger partial charge in [-0.2, -0.15) is 0 Å². The van der Waals surface area contributed by atoms with Crippen LogP contribution in [0.4, 0.5) is 0 Å². The van der Waals surface area contributed by atoms with E-state index in [1.807, 2.05) is 0 Å². The van der Waals surface area contributed by atoms with Gasteiger partial charge in [-0.25, -0.2) is 5.11 Å². The molecule has 0 aliphatic carbocycles. The number of carbonyl (C=O) groups excluding carboxylic acids is 1. The highest BCUT2D eigenvalue weighted by molar-refractivity contribution is 5.94. The van der Waals surface area contributed by atoms with E-state index in [9.17, 15) is 14.7 Å². The lowest BCUT2D eigenvalue weighted by atomic mass is 10.1. The van der Waals surface area contributed by atoms with Gasteiger partial charge in [-0.3, -0.25) is 9.59 Å². The zero-order chi connectivity index (χ0) is 8.85. The minimum Gasteiger partial charge on any atom is -0.481 e. The van der Waals surface area contributed by atoms with Crippen LogP contribution in [-0.2, 0) is 14.7 Å². The predicted octanol–water partition coefficient (Wildman–Crippen LogP) is 0.629. The normalized spacial score (nSPS) is 12.5. The van der Waals surface area contributed by atoms with Crippen molar-refractivity contribution in [1.82, 2.24) is 0 Å². The summed E-state index contributed by atoms with van der Waals surface area (Å²) >= 11 is 0. The summed E-state index contributed by atoms with van der Waals surface area (Å²) in [5, 5.41) is 18.6. The molecule has 0 aromatic rings. The van der Waals surface area contributed by atoms with Crippen molar-refractivity contribution in [2.75, 3.05) is 0 Å². The van der Waals surface area contributed by atoms with E-state index in [-0.39, 0.29) is 18.6 Å². The molecule has 0 spiro atoms. The van der Waals surface area contributed by atoms with Crippen LogP contribution < -0.4 is 0 Å². The molecule has 63 valence electrons. The summed E-state index contributed by atoms with van der Waals surface area (Å²) in [6.45, 7) is 1.45. The fourth-order valence-electron chi connectivity index (χ4n) is 0.621. The molecule has 0 heterocycles. The third kappa shape index (κ3) is 6.99. The first-order chi connectivity index (χ1) is 5.02. The molecule has 11 heavy (non-hydrogen) atoms. The van der Waals surface area contributed by atoms with Crippen molar-refractivity contribution in [3.05, 3.63) is 0 Å². The first-order valence-electron chi connectivity index (χ1n) is 3.41. The van der Waals surface area contributed by atoms with Gasteiger partial charge in [0.05, 0.1) is 6.10 Å². The maximum absolute atomic E-state index is 10.6. The van der Waals surface area contributed by atoms with E-state index in [4.69, 9.17) is 5.11 Å². The van der Waals surface area contributed by atoms with Gasteiger partial charge in [-0.1, -0.05) is 0 Å². The van der Waals surface area contributed by atoms with E-state index < -0.39 is 18.5 Å². The maximum atomic E-state index is 10.6. The number of Topliss-reactive ketones (excluding diaryl/α,β-unsaturated/α-hetero) is 1. The number of carboxylic acid groups (broad SMARTS) is 1. The van der Waals surface area contributed by atoms with Gasteiger partial charge >= 0.3 is 5.97 Å². The van der Waals surface area contributed by atoms with E-state index in [0.717, 1.165) is 0 Å². The standard InChI is InChI=1S/C7H11O4/c1-5(8)2-3-6(9)4-7(10)11/h5H,2-4H2,1H3,(H,10,11). The molecule has 4 heteroatoms. The monoisotopic (exact) mass is 159 g/mol. The SMILES string of the molecule is CC([O])CCC(=O)CC(=O)O. The van der Waals surface area contributed by atoms with Gasteiger partial charge in [0, 0.05) is 6.42 Å². The van der Waals surface area contributed by atoms with Gasteiger partial charge in [0.15, 0.2) is 0 Å². The van der Waals surface area contributed by atoms with Crippen LogP contribution in [0.15, 0.2) is 0 Å². The second-order valence-electron chi connectivity index (χ2n) is 2.46. The summed E-state index contributed by atoms with van der Waals surface area (Å²) in [6.07, 6.45) is -0.941. The van der Waals surface area contributed by atoms with E-state index in [1.165, 1.54) is 6.92 Å². The number of rotatable bonds is 5. The van der Waals surface area contributed by atoms with Crippen molar-refractivity contribution in [1.29, 1.82) is 0 Å². The van der Waals surface area contributed by atoms with Crippen LogP contribution in [0.5, 0.6) is 0 Å². The molecule has 0 aliphatic rings. The first-order valence-corrected chi connectivity index (χ1v) is 3.41. The molecule has 0 aromatic heterocycles. The lowest BCUT2D eigenvalue weighted by Crippen LogP contribution is -2.09. The highest BCUT2D eigenvalue weighted by Crippen LogP contribution is 1.99. The smallest absolute Gasteiger partial charge is 0.310 e. The number of hydrogen-bond acceptors (Lipinski definition) is 2. The number of aliphatic carboxylic acids is 1. The molecule has 0 aliphatic heterocycles. The van der Waals surface area contributed by atoms with Gasteiger partial charge in [0.25, 0.3) is 0 Å². The van der Waals surface area contributed by atoms with Crippen LogP contribution in [-0.4, -0.2) is 23.0 Å². The number of carbonyl (C=O) groups is 2. The van der Waals surface area contributed by atoms with Crippen molar-refractivity contribution in [2.45, 2.75) is 32.3 Å². The lowest BCUT2D eigenvalue weighted by molar-refractivity contribution is -0.140. The Hall–Kier alpha value is -0.900. The molecule has 0 amide bonds. The topological polar surface area (TPSA) is 74.3 Å². The minimum absolute atomic E-state index is 0.0803. The zero-order valence-corrected chi connectivity index (χ0v) is 6.37. The fourth-order valence-corrected chi connectivity index (χ4v) is 0.621. The van der Waals surface area contributed by atoms with Crippen LogP contribution >= 0.6 is 0 Å². The molecule has 1 unspecified atom stereocenters. The molecule has 0 aromatic carbocycles. The minimum atomic E-state index is -1.13. The van der Waals surface area contributed by atoms with Crippen LogP contribution in [0.2, 0.25) is 0 Å². The number of hydrogen-bond donors (Lipinski definition) is 1. The molecule has 0 saturated carbocycles. The largest absolute Gasteiger partial charge is 0.481 e. The van der Waals surface area contributed by atoms with Gasteiger partial charge in [-0.05, 0) is 13.3 Å². The molecule has 4 nitrogen and oxygen atoms in total. The quantitative estimate of drug-likeness (QED) is 0.598. The molecular formula is C7H11O4. The van der Waals surface area contributed by atoms with Gasteiger partial charge in [0.2, 0.25) is 0 Å². The lowest BCUT2D eigenvalue weighted by Gasteiger charge is -1.98. The number of carboxylic acids is 1. The van der Waals surface area contributed by atoms with Crippen LogP contribution in [0.3, 0.4) is 0 Å². The molecule has 1 atom stereocenters. The Morgan fingerprint density at radius 2 is 2.00 bits per heavy atom. The Kier molecular flexibility index (Phi) is 4.45. The van der Waals surface area contributed by atoms with E-state index in [1.54, 1.807) is 0 Å². The van der Waals surface area contributed by atoms with Gasteiger partial charge < -0.3 is 5.11 Å². The molecule has 0 bridgehead atoms. The summed E-state index contributed by atoms with van der Waals surface area (Å²) in [7, 11) is 0. The fraction of sp³-hybridized carbons (Fsp3) is 0.714. The first kappa shape index (κ1) is 10.1.